The quantitative estimate of drug-likeness (QED) is 0.800. The van der Waals surface area contributed by atoms with Crippen molar-refractivity contribution in [3.05, 3.63) is 28.2 Å². The molecule has 0 spiro atoms. The minimum atomic E-state index is -0.571. The molecule has 4 heterocycles. The van der Waals surface area contributed by atoms with E-state index in [1.54, 1.807) is 11.8 Å². The molecule has 2 aromatic rings. The van der Waals surface area contributed by atoms with Crippen LogP contribution in [0.5, 0.6) is 0 Å². The Bertz CT molecular complexity index is 880. The van der Waals surface area contributed by atoms with Gasteiger partial charge in [0.05, 0.1) is 12.7 Å². The van der Waals surface area contributed by atoms with Gasteiger partial charge in [0.1, 0.15) is 22.6 Å². The molecule has 0 aliphatic carbocycles. The number of oxazole rings is 1. The van der Waals surface area contributed by atoms with Gasteiger partial charge >= 0.3 is 0 Å². The third-order valence-electron chi connectivity index (χ3n) is 4.82. The highest BCUT2D eigenvalue weighted by Gasteiger charge is 2.49. The summed E-state index contributed by atoms with van der Waals surface area (Å²) < 4.78 is 11.1. The Labute approximate surface area is 165 Å². The fourth-order valence-electron chi connectivity index (χ4n) is 3.37. The van der Waals surface area contributed by atoms with Gasteiger partial charge in [0.2, 0.25) is 0 Å². The van der Waals surface area contributed by atoms with E-state index < -0.39 is 5.54 Å². The summed E-state index contributed by atoms with van der Waals surface area (Å²) in [6, 6.07) is 0. The first kappa shape index (κ1) is 18.5. The monoisotopic (exact) mass is 407 g/mol. The predicted molar refractivity (Wildman–Crippen MR) is 105 cm³/mol. The molecule has 0 aromatic carbocycles. The van der Waals surface area contributed by atoms with Crippen molar-refractivity contribution in [2.45, 2.75) is 38.3 Å². The number of carbonyl (C=O) groups is 1. The van der Waals surface area contributed by atoms with Crippen molar-refractivity contribution in [1.82, 2.24) is 9.97 Å². The van der Waals surface area contributed by atoms with E-state index in [0.29, 0.717) is 35.8 Å². The van der Waals surface area contributed by atoms with Gasteiger partial charge in [-0.1, -0.05) is 18.7 Å². The van der Waals surface area contributed by atoms with Crippen molar-refractivity contribution < 1.29 is 13.9 Å². The van der Waals surface area contributed by atoms with E-state index in [2.05, 4.69) is 22.2 Å². The lowest BCUT2D eigenvalue weighted by Gasteiger charge is -2.44. The number of aromatic nitrogens is 2. The Balaban J connectivity index is 1.57. The Kier molecular flexibility index (Phi) is 4.95. The van der Waals surface area contributed by atoms with Crippen molar-refractivity contribution in [1.29, 1.82) is 0 Å². The first-order valence-electron chi connectivity index (χ1n) is 8.81. The van der Waals surface area contributed by atoms with Crippen LogP contribution in [0.2, 0.25) is 0 Å². The highest BCUT2D eigenvalue weighted by atomic mass is 32.2. The van der Waals surface area contributed by atoms with Crippen LogP contribution in [-0.2, 0) is 16.7 Å². The fourth-order valence-corrected chi connectivity index (χ4v) is 5.34. The lowest BCUT2D eigenvalue weighted by atomic mass is 9.80. The topological polar surface area (TPSA) is 116 Å². The molecule has 4 rings (SSSR count). The molecule has 1 amide bonds. The summed E-state index contributed by atoms with van der Waals surface area (Å²) in [6.07, 6.45) is 3.09. The Morgan fingerprint density at radius 3 is 3.11 bits per heavy atom. The molecule has 1 fully saturated rings. The fraction of sp³-hybridized carbons (Fsp3) is 0.529. The minimum Gasteiger partial charge on any atom is -0.448 e. The maximum atomic E-state index is 12.4. The molecule has 8 nitrogen and oxygen atoms in total. The number of nitrogens with one attached hydrogen (secondary N) is 1. The predicted octanol–water partition coefficient (Wildman–Crippen LogP) is 2.63. The van der Waals surface area contributed by atoms with Crippen LogP contribution >= 0.6 is 23.1 Å². The van der Waals surface area contributed by atoms with Crippen molar-refractivity contribution >= 4 is 40.0 Å². The number of nitrogens with two attached hydrogens (primary N) is 1. The van der Waals surface area contributed by atoms with Crippen LogP contribution in [0.1, 0.15) is 41.7 Å². The zero-order valence-corrected chi connectivity index (χ0v) is 16.7. The van der Waals surface area contributed by atoms with Gasteiger partial charge in [-0.3, -0.25) is 4.79 Å². The summed E-state index contributed by atoms with van der Waals surface area (Å²) in [5, 5.41) is 5.96. The second kappa shape index (κ2) is 7.25. The number of hydrogen-bond acceptors (Lipinski definition) is 9. The van der Waals surface area contributed by atoms with Gasteiger partial charge in [0.25, 0.3) is 5.91 Å². The molecule has 2 aliphatic rings. The molecule has 2 aromatic heterocycles. The number of rotatable bonds is 4. The van der Waals surface area contributed by atoms with E-state index in [0.717, 1.165) is 17.2 Å². The number of amidine groups is 1. The third kappa shape index (κ3) is 3.48. The van der Waals surface area contributed by atoms with Crippen LogP contribution in [0.15, 0.2) is 21.1 Å². The summed E-state index contributed by atoms with van der Waals surface area (Å²) in [6.45, 7) is 4.44. The average molecular weight is 408 g/mol. The van der Waals surface area contributed by atoms with Crippen LogP contribution in [0.4, 0.5) is 5.82 Å². The summed E-state index contributed by atoms with van der Waals surface area (Å²) in [4.78, 5) is 25.9. The zero-order chi connectivity index (χ0) is 19.0. The number of carbonyl (C=O) groups excluding carboxylic acids is 1. The van der Waals surface area contributed by atoms with E-state index in [4.69, 9.17) is 19.9 Å². The van der Waals surface area contributed by atoms with Gasteiger partial charge in [-0.25, -0.2) is 15.0 Å². The molecule has 3 N–H and O–H groups in total. The molecule has 10 heteroatoms. The van der Waals surface area contributed by atoms with Crippen LogP contribution in [0.25, 0.3) is 0 Å². The SMILES string of the molecule is CCc1nc(C(=O)Nc2csc(C34COC(C)CC3CSC(N)=N4)n2)co1. The molecule has 144 valence electrons. The molecule has 1 saturated heterocycles. The summed E-state index contributed by atoms with van der Waals surface area (Å²) in [5.41, 5.74) is 5.69. The molecule has 0 radical (unpaired) electrons. The smallest absolute Gasteiger partial charge is 0.278 e. The molecule has 3 atom stereocenters. The number of thioether (sulfide) groups is 1. The molecule has 3 unspecified atom stereocenters. The van der Waals surface area contributed by atoms with E-state index in [1.165, 1.54) is 17.6 Å². The average Bonchev–Trinajstić information content (AvgIpc) is 3.31. The maximum Gasteiger partial charge on any atom is 0.278 e. The molecule has 0 bridgehead atoms. The molecule has 2 aliphatic heterocycles. The van der Waals surface area contributed by atoms with Crippen molar-refractivity contribution in [2.75, 3.05) is 17.7 Å². The van der Waals surface area contributed by atoms with Gasteiger partial charge in [-0.05, 0) is 13.3 Å². The highest BCUT2D eigenvalue weighted by molar-refractivity contribution is 8.13. The molecular weight excluding hydrogens is 386 g/mol. The number of aliphatic imine (C=N–C) groups is 1. The number of amides is 1. The summed E-state index contributed by atoms with van der Waals surface area (Å²) in [5.74, 6) is 1.85. The van der Waals surface area contributed by atoms with Crippen LogP contribution in [-0.4, -0.2) is 39.5 Å². The van der Waals surface area contributed by atoms with Gasteiger partial charge < -0.3 is 20.2 Å². The largest absolute Gasteiger partial charge is 0.448 e. The number of nitrogens with zero attached hydrogens (tertiary/aromatic N) is 3. The first-order chi connectivity index (χ1) is 13.0. The van der Waals surface area contributed by atoms with Crippen LogP contribution in [0, 0.1) is 5.92 Å². The molecular formula is C17H21N5O3S2. The molecule has 0 saturated carbocycles. The van der Waals surface area contributed by atoms with E-state index in [9.17, 15) is 4.79 Å². The Hall–Kier alpha value is -1.91. The number of hydrogen-bond donors (Lipinski definition) is 2. The van der Waals surface area contributed by atoms with Gasteiger partial charge in [-0.15, -0.1) is 11.3 Å². The van der Waals surface area contributed by atoms with E-state index in [-0.39, 0.29) is 17.7 Å². The van der Waals surface area contributed by atoms with E-state index >= 15 is 0 Å². The lowest BCUT2D eigenvalue weighted by Crippen LogP contribution is -2.49. The standard InChI is InChI=1S/C17H21N5O3S2/c1-3-13-19-11(5-24-13)14(23)20-12-7-26-15(21-12)17-8-25-9(2)4-10(17)6-27-16(18)22-17/h5,7,9-10H,3-4,6,8H2,1-2H3,(H2,18,22)(H,20,23). The van der Waals surface area contributed by atoms with Gasteiger partial charge in [0, 0.05) is 23.5 Å². The number of thiazole rings is 1. The van der Waals surface area contributed by atoms with Gasteiger partial charge in [0.15, 0.2) is 16.8 Å². The third-order valence-corrected chi connectivity index (χ3v) is 6.79. The maximum absolute atomic E-state index is 12.4. The summed E-state index contributed by atoms with van der Waals surface area (Å²) >= 11 is 3.04. The first-order valence-corrected chi connectivity index (χ1v) is 10.7. The number of aryl methyl sites for hydroxylation is 1. The zero-order valence-electron chi connectivity index (χ0n) is 15.1. The highest BCUT2D eigenvalue weighted by Crippen LogP contribution is 2.46. The van der Waals surface area contributed by atoms with Gasteiger partial charge in [-0.2, -0.15) is 0 Å². The normalized spacial score (nSPS) is 27.7. The number of fused-ring (bicyclic) bond motifs is 1. The summed E-state index contributed by atoms with van der Waals surface area (Å²) in [7, 11) is 0. The molecule has 27 heavy (non-hydrogen) atoms. The Morgan fingerprint density at radius 1 is 1.48 bits per heavy atom. The van der Waals surface area contributed by atoms with Crippen molar-refractivity contribution in [3.63, 3.8) is 0 Å². The van der Waals surface area contributed by atoms with Crippen LogP contribution < -0.4 is 11.1 Å². The number of anilines is 1. The second-order valence-electron chi connectivity index (χ2n) is 6.71. The second-order valence-corrected chi connectivity index (χ2v) is 8.61. The van der Waals surface area contributed by atoms with Crippen LogP contribution in [0.3, 0.4) is 0 Å². The Morgan fingerprint density at radius 2 is 2.33 bits per heavy atom. The van der Waals surface area contributed by atoms with Crippen molar-refractivity contribution in [2.24, 2.45) is 16.6 Å². The van der Waals surface area contributed by atoms with Crippen molar-refractivity contribution in [3.8, 4) is 0 Å². The van der Waals surface area contributed by atoms with E-state index in [1.807, 2.05) is 12.3 Å². The number of ether oxygens (including phenoxy) is 1. The minimum absolute atomic E-state index is 0.192. The lowest BCUT2D eigenvalue weighted by molar-refractivity contribution is -0.0466.